The van der Waals surface area contributed by atoms with Gasteiger partial charge in [-0.1, -0.05) is 51.1 Å². The number of rotatable bonds is 0. The van der Waals surface area contributed by atoms with Crippen molar-refractivity contribution in [2.45, 2.75) is 20.8 Å². The molecule has 0 unspecified atom stereocenters. The molecular weight excluding hydrogens is 260 g/mol. The highest BCUT2D eigenvalue weighted by atomic mass is 16.2. The summed E-state index contributed by atoms with van der Waals surface area (Å²) in [5.74, 6) is 1.61. The number of hydrogen-bond acceptors (Lipinski definition) is 2. The lowest BCUT2D eigenvalue weighted by atomic mass is 10.1. The molecule has 0 radical (unpaired) electrons. The van der Waals surface area contributed by atoms with E-state index < -0.39 is 0 Å². The van der Waals surface area contributed by atoms with Crippen molar-refractivity contribution in [2.24, 2.45) is 5.92 Å². The molecule has 2 aromatic carbocycles. The van der Waals surface area contributed by atoms with Crippen molar-refractivity contribution in [3.63, 3.8) is 0 Å². The Balaban J connectivity index is 0.000000298. The summed E-state index contributed by atoms with van der Waals surface area (Å²) in [6.45, 7) is 6.50. The number of carbonyl (C=O) groups excluding carboxylic acids is 1. The zero-order valence-electron chi connectivity index (χ0n) is 12.5. The van der Waals surface area contributed by atoms with Gasteiger partial charge in [0.2, 0.25) is 0 Å². The minimum absolute atomic E-state index is 0.0179. The molecule has 3 nitrogen and oxygen atoms in total. The molecular formula is C18H18N2O. The smallest absolute Gasteiger partial charge is 0.264 e. The first-order valence-electron chi connectivity index (χ1n) is 7.21. The Morgan fingerprint density at radius 2 is 1.48 bits per heavy atom. The standard InChI is InChI=1S/C14H8N2O.C4H10/c17-14-10-6-2-1-5-9(10)13-15-11-7-3-4-8-12(11)16(13)14;1-4(2)3/h1-8H;4H,1-3H3. The van der Waals surface area contributed by atoms with E-state index in [1.54, 1.807) is 4.57 Å². The first-order chi connectivity index (χ1) is 10.1. The summed E-state index contributed by atoms with van der Waals surface area (Å²) in [5, 5.41) is 0. The Bertz CT molecular complexity index is 812. The van der Waals surface area contributed by atoms with Crippen molar-refractivity contribution in [2.75, 3.05) is 0 Å². The van der Waals surface area contributed by atoms with E-state index in [9.17, 15) is 4.79 Å². The van der Waals surface area contributed by atoms with Crippen molar-refractivity contribution < 1.29 is 4.79 Å². The Labute approximate surface area is 124 Å². The van der Waals surface area contributed by atoms with Gasteiger partial charge in [0.25, 0.3) is 5.91 Å². The minimum Gasteiger partial charge on any atom is -0.268 e. The van der Waals surface area contributed by atoms with Gasteiger partial charge in [-0.3, -0.25) is 9.36 Å². The fourth-order valence-electron chi connectivity index (χ4n) is 2.40. The quantitative estimate of drug-likeness (QED) is 0.479. The van der Waals surface area contributed by atoms with Gasteiger partial charge in [0.05, 0.1) is 16.6 Å². The molecule has 3 heteroatoms. The summed E-state index contributed by atoms with van der Waals surface area (Å²) in [6.07, 6.45) is 0. The van der Waals surface area contributed by atoms with Crippen LogP contribution in [0.1, 0.15) is 31.1 Å². The molecule has 0 aliphatic carbocycles. The van der Waals surface area contributed by atoms with Crippen molar-refractivity contribution in [3.05, 3.63) is 54.1 Å². The second-order valence-electron chi connectivity index (χ2n) is 5.84. The molecule has 1 aromatic heterocycles. The third-order valence-corrected chi connectivity index (χ3v) is 3.16. The van der Waals surface area contributed by atoms with Crippen LogP contribution in [0, 0.1) is 5.92 Å². The van der Waals surface area contributed by atoms with E-state index in [0.717, 1.165) is 33.9 Å². The fraction of sp³-hybridized carbons (Fsp3) is 0.222. The zero-order chi connectivity index (χ0) is 15.0. The highest BCUT2D eigenvalue weighted by Gasteiger charge is 2.29. The summed E-state index contributed by atoms with van der Waals surface area (Å²) in [4.78, 5) is 16.8. The molecule has 0 saturated heterocycles. The molecule has 4 rings (SSSR count). The Morgan fingerprint density at radius 1 is 0.905 bits per heavy atom. The Hall–Kier alpha value is -2.42. The maximum absolute atomic E-state index is 12.3. The van der Waals surface area contributed by atoms with Crippen molar-refractivity contribution in [3.8, 4) is 11.4 Å². The molecule has 3 aromatic rings. The number of para-hydroxylation sites is 2. The van der Waals surface area contributed by atoms with Gasteiger partial charge in [0.1, 0.15) is 5.82 Å². The Kier molecular flexibility index (Phi) is 3.34. The molecule has 1 aliphatic heterocycles. The van der Waals surface area contributed by atoms with Crippen LogP contribution < -0.4 is 0 Å². The van der Waals surface area contributed by atoms with E-state index >= 15 is 0 Å². The van der Waals surface area contributed by atoms with Gasteiger partial charge in [-0.25, -0.2) is 4.98 Å². The molecule has 1 aliphatic rings. The van der Waals surface area contributed by atoms with Gasteiger partial charge in [0.15, 0.2) is 0 Å². The molecule has 0 bridgehead atoms. The maximum atomic E-state index is 12.3. The van der Waals surface area contributed by atoms with Crippen molar-refractivity contribution in [1.82, 2.24) is 9.55 Å². The summed E-state index contributed by atoms with van der Waals surface area (Å²) >= 11 is 0. The SMILES string of the molecule is CC(C)C.O=C1c2ccccc2-c2nc3ccccc3n21. The average Bonchev–Trinajstić information content (AvgIpc) is 2.96. The van der Waals surface area contributed by atoms with Crippen LogP contribution in [-0.2, 0) is 0 Å². The summed E-state index contributed by atoms with van der Waals surface area (Å²) in [7, 11) is 0. The van der Waals surface area contributed by atoms with Gasteiger partial charge < -0.3 is 0 Å². The zero-order valence-corrected chi connectivity index (χ0v) is 12.5. The molecule has 0 amide bonds. The van der Waals surface area contributed by atoms with Gasteiger partial charge >= 0.3 is 0 Å². The number of fused-ring (bicyclic) bond motifs is 5. The molecule has 0 N–H and O–H groups in total. The Morgan fingerprint density at radius 3 is 2.19 bits per heavy atom. The van der Waals surface area contributed by atoms with Crippen LogP contribution in [0.2, 0.25) is 0 Å². The van der Waals surface area contributed by atoms with Gasteiger partial charge in [-0.05, 0) is 24.1 Å². The normalized spacial score (nSPS) is 12.1. The van der Waals surface area contributed by atoms with Crippen LogP contribution in [0.15, 0.2) is 48.5 Å². The lowest BCUT2D eigenvalue weighted by Crippen LogP contribution is -2.05. The third-order valence-electron chi connectivity index (χ3n) is 3.16. The molecule has 0 saturated carbocycles. The highest BCUT2D eigenvalue weighted by Crippen LogP contribution is 2.34. The molecule has 0 fully saturated rings. The number of hydrogen-bond donors (Lipinski definition) is 0. The van der Waals surface area contributed by atoms with Crippen LogP contribution in [-0.4, -0.2) is 15.5 Å². The van der Waals surface area contributed by atoms with Crippen molar-refractivity contribution in [1.29, 1.82) is 0 Å². The van der Waals surface area contributed by atoms with E-state index in [1.807, 2.05) is 48.5 Å². The number of benzene rings is 2. The van der Waals surface area contributed by atoms with Crippen LogP contribution >= 0.6 is 0 Å². The molecule has 2 heterocycles. The van der Waals surface area contributed by atoms with Crippen LogP contribution in [0.5, 0.6) is 0 Å². The summed E-state index contributed by atoms with van der Waals surface area (Å²) in [5.41, 5.74) is 3.41. The van der Waals surface area contributed by atoms with E-state index in [0.29, 0.717) is 0 Å². The van der Waals surface area contributed by atoms with Crippen LogP contribution in [0.3, 0.4) is 0 Å². The van der Waals surface area contributed by atoms with Gasteiger partial charge in [-0.2, -0.15) is 0 Å². The lowest BCUT2D eigenvalue weighted by molar-refractivity contribution is 0.0973. The van der Waals surface area contributed by atoms with E-state index in [2.05, 4.69) is 25.8 Å². The molecule has 0 atom stereocenters. The highest BCUT2D eigenvalue weighted by molar-refractivity contribution is 6.12. The van der Waals surface area contributed by atoms with E-state index in [1.165, 1.54) is 0 Å². The summed E-state index contributed by atoms with van der Waals surface area (Å²) in [6, 6.07) is 15.3. The summed E-state index contributed by atoms with van der Waals surface area (Å²) < 4.78 is 1.69. The number of aromatic nitrogens is 2. The first-order valence-corrected chi connectivity index (χ1v) is 7.21. The number of nitrogens with zero attached hydrogens (tertiary/aromatic N) is 2. The van der Waals surface area contributed by atoms with Crippen LogP contribution in [0.4, 0.5) is 0 Å². The maximum Gasteiger partial charge on any atom is 0.264 e. The van der Waals surface area contributed by atoms with E-state index in [-0.39, 0.29) is 5.91 Å². The monoisotopic (exact) mass is 278 g/mol. The number of imidazole rings is 1. The second-order valence-corrected chi connectivity index (χ2v) is 5.84. The van der Waals surface area contributed by atoms with E-state index in [4.69, 9.17) is 0 Å². The number of carbonyl (C=O) groups is 1. The first kappa shape index (κ1) is 13.6. The topological polar surface area (TPSA) is 34.9 Å². The predicted octanol–water partition coefficient (Wildman–Crippen LogP) is 4.37. The lowest BCUT2D eigenvalue weighted by Gasteiger charge is -1.96. The minimum atomic E-state index is 0.0179. The van der Waals surface area contributed by atoms with Crippen LogP contribution in [0.25, 0.3) is 22.4 Å². The van der Waals surface area contributed by atoms with Gasteiger partial charge in [-0.15, -0.1) is 0 Å². The predicted molar refractivity (Wildman–Crippen MR) is 85.4 cm³/mol. The van der Waals surface area contributed by atoms with Gasteiger partial charge in [0, 0.05) is 5.56 Å². The third kappa shape index (κ3) is 2.25. The van der Waals surface area contributed by atoms with Crippen molar-refractivity contribution >= 4 is 16.9 Å². The average molecular weight is 278 g/mol. The fourth-order valence-corrected chi connectivity index (χ4v) is 2.40. The molecule has 106 valence electrons. The molecule has 0 spiro atoms. The molecule has 21 heavy (non-hydrogen) atoms. The second kappa shape index (κ2) is 5.17. The largest absolute Gasteiger partial charge is 0.268 e.